The first-order valence-electron chi connectivity index (χ1n) is 8.97. The molecule has 2 aromatic rings. The molecule has 1 fully saturated rings. The van der Waals surface area contributed by atoms with Crippen LogP contribution in [-0.4, -0.2) is 58.4 Å². The predicted molar refractivity (Wildman–Crippen MR) is 105 cm³/mol. The zero-order chi connectivity index (χ0) is 18.5. The number of aromatic nitrogens is 2. The van der Waals surface area contributed by atoms with Crippen LogP contribution in [0.2, 0.25) is 0 Å². The third-order valence-electron chi connectivity index (χ3n) is 4.42. The van der Waals surface area contributed by atoms with Crippen LogP contribution in [0.3, 0.4) is 0 Å². The fourth-order valence-electron chi connectivity index (χ4n) is 3.24. The zero-order valence-electron chi connectivity index (χ0n) is 15.3. The third kappa shape index (κ3) is 4.84. The van der Waals surface area contributed by atoms with E-state index in [4.69, 9.17) is 10.5 Å². The lowest BCUT2D eigenvalue weighted by atomic mass is 10.1. The highest BCUT2D eigenvalue weighted by atomic mass is 32.1. The van der Waals surface area contributed by atoms with Crippen molar-refractivity contribution in [3.8, 4) is 5.88 Å². The molecule has 0 saturated carbocycles. The van der Waals surface area contributed by atoms with E-state index in [9.17, 15) is 5.11 Å². The molecule has 2 aromatic heterocycles. The highest BCUT2D eigenvalue weighted by molar-refractivity contribution is 7.07. The summed E-state index contributed by atoms with van der Waals surface area (Å²) in [6.45, 7) is 7.55. The van der Waals surface area contributed by atoms with Gasteiger partial charge in [0.15, 0.2) is 0 Å². The molecule has 1 saturated heterocycles. The van der Waals surface area contributed by atoms with E-state index in [1.165, 1.54) is 5.56 Å². The van der Waals surface area contributed by atoms with Gasteiger partial charge in [-0.3, -0.25) is 4.90 Å². The molecule has 3 rings (SSSR count). The van der Waals surface area contributed by atoms with Crippen molar-refractivity contribution < 1.29 is 9.84 Å². The number of nitrogens with two attached hydrogens (primary N) is 1. The Morgan fingerprint density at radius 2 is 2.23 bits per heavy atom. The van der Waals surface area contributed by atoms with Crippen molar-refractivity contribution in [1.82, 2.24) is 14.9 Å². The maximum atomic E-state index is 9.50. The Hall–Kier alpha value is -1.90. The normalized spacial score (nSPS) is 18.5. The smallest absolute Gasteiger partial charge is 0.225 e. The van der Waals surface area contributed by atoms with Crippen LogP contribution in [0.5, 0.6) is 5.88 Å². The van der Waals surface area contributed by atoms with Crippen LogP contribution in [0.4, 0.5) is 11.8 Å². The number of piperazine rings is 1. The number of rotatable bonds is 7. The first-order valence-corrected chi connectivity index (χ1v) is 9.91. The topological polar surface area (TPSA) is 87.7 Å². The lowest BCUT2D eigenvalue weighted by Crippen LogP contribution is -2.53. The fraction of sp³-hybridized carbons (Fsp3) is 0.556. The summed E-state index contributed by atoms with van der Waals surface area (Å²) in [4.78, 5) is 13.2. The number of anilines is 2. The highest BCUT2D eigenvalue weighted by Crippen LogP contribution is 2.24. The van der Waals surface area contributed by atoms with Gasteiger partial charge in [0.05, 0.1) is 6.10 Å². The largest absolute Gasteiger partial charge is 0.475 e. The van der Waals surface area contributed by atoms with E-state index in [0.29, 0.717) is 5.88 Å². The molecular weight excluding hydrogens is 350 g/mol. The van der Waals surface area contributed by atoms with Crippen molar-refractivity contribution in [3.05, 3.63) is 28.5 Å². The van der Waals surface area contributed by atoms with Gasteiger partial charge >= 0.3 is 0 Å². The van der Waals surface area contributed by atoms with Gasteiger partial charge in [0.2, 0.25) is 11.8 Å². The minimum atomic E-state index is 0.0294. The number of ether oxygens (including phenoxy) is 1. The van der Waals surface area contributed by atoms with Gasteiger partial charge < -0.3 is 20.5 Å². The predicted octanol–water partition coefficient (Wildman–Crippen LogP) is 1.98. The van der Waals surface area contributed by atoms with Gasteiger partial charge in [-0.05, 0) is 42.7 Å². The van der Waals surface area contributed by atoms with Gasteiger partial charge in [0, 0.05) is 44.9 Å². The minimum Gasteiger partial charge on any atom is -0.475 e. The summed E-state index contributed by atoms with van der Waals surface area (Å²) in [6, 6.07) is 4.27. The van der Waals surface area contributed by atoms with Crippen LogP contribution in [0, 0.1) is 0 Å². The van der Waals surface area contributed by atoms with Gasteiger partial charge in [-0.2, -0.15) is 21.3 Å². The molecule has 142 valence electrons. The number of aliphatic hydroxyl groups is 1. The lowest BCUT2D eigenvalue weighted by Gasteiger charge is -2.42. The van der Waals surface area contributed by atoms with Crippen LogP contribution in [-0.2, 0) is 6.54 Å². The van der Waals surface area contributed by atoms with Crippen molar-refractivity contribution in [2.45, 2.75) is 39.0 Å². The van der Waals surface area contributed by atoms with E-state index in [1.54, 1.807) is 11.3 Å². The van der Waals surface area contributed by atoms with Gasteiger partial charge in [-0.25, -0.2) is 0 Å². The minimum absolute atomic E-state index is 0.0294. The second-order valence-electron chi connectivity index (χ2n) is 6.80. The Morgan fingerprint density at radius 3 is 2.92 bits per heavy atom. The summed E-state index contributed by atoms with van der Waals surface area (Å²) >= 11 is 1.72. The van der Waals surface area contributed by atoms with Gasteiger partial charge in [0.25, 0.3) is 0 Å². The molecule has 1 unspecified atom stereocenters. The maximum absolute atomic E-state index is 9.50. The second-order valence-corrected chi connectivity index (χ2v) is 7.58. The SMILES string of the molecule is CC(C)Oc1cc(N2CCN(Cc3ccsc3)C(CCO)C2)nc(N)n1. The van der Waals surface area contributed by atoms with Crippen molar-refractivity contribution in [3.63, 3.8) is 0 Å². The molecule has 0 aliphatic carbocycles. The molecule has 3 N–H and O–H groups in total. The van der Waals surface area contributed by atoms with Gasteiger partial charge in [0.1, 0.15) is 5.82 Å². The first kappa shape index (κ1) is 18.9. The fourth-order valence-corrected chi connectivity index (χ4v) is 3.90. The van der Waals surface area contributed by atoms with E-state index in [2.05, 4.69) is 36.6 Å². The monoisotopic (exact) mass is 377 g/mol. The molecule has 7 nitrogen and oxygen atoms in total. The van der Waals surface area contributed by atoms with Crippen molar-refractivity contribution in [2.75, 3.05) is 36.9 Å². The highest BCUT2D eigenvalue weighted by Gasteiger charge is 2.28. The van der Waals surface area contributed by atoms with Crippen molar-refractivity contribution in [2.24, 2.45) is 0 Å². The molecule has 0 spiro atoms. The lowest BCUT2D eigenvalue weighted by molar-refractivity contribution is 0.135. The molecule has 26 heavy (non-hydrogen) atoms. The quantitative estimate of drug-likeness (QED) is 0.763. The molecule has 0 radical (unpaired) electrons. The summed E-state index contributed by atoms with van der Waals surface area (Å²) < 4.78 is 5.69. The van der Waals surface area contributed by atoms with E-state index in [0.717, 1.165) is 38.4 Å². The van der Waals surface area contributed by atoms with Crippen LogP contribution < -0.4 is 15.4 Å². The third-order valence-corrected chi connectivity index (χ3v) is 5.15. The van der Waals surface area contributed by atoms with Crippen LogP contribution in [0.25, 0.3) is 0 Å². The molecule has 8 heteroatoms. The Morgan fingerprint density at radius 1 is 1.38 bits per heavy atom. The van der Waals surface area contributed by atoms with E-state index in [-0.39, 0.29) is 24.7 Å². The molecule has 1 aliphatic heterocycles. The first-order chi connectivity index (χ1) is 12.5. The molecule has 0 amide bonds. The Labute approximate surface area is 158 Å². The number of hydrogen-bond donors (Lipinski definition) is 2. The average molecular weight is 378 g/mol. The average Bonchev–Trinajstić information content (AvgIpc) is 3.08. The van der Waals surface area contributed by atoms with Crippen LogP contribution >= 0.6 is 11.3 Å². The number of hydrogen-bond acceptors (Lipinski definition) is 8. The van der Waals surface area contributed by atoms with Gasteiger partial charge in [-0.15, -0.1) is 0 Å². The summed E-state index contributed by atoms with van der Waals surface area (Å²) in [7, 11) is 0. The standard InChI is InChI=1S/C18H27N5O2S/c1-13(2)25-17-9-16(20-18(19)21-17)23-6-5-22(15(11-23)3-7-24)10-14-4-8-26-12-14/h4,8-9,12-13,15,24H,3,5-7,10-11H2,1-2H3,(H2,19,20,21). The summed E-state index contributed by atoms with van der Waals surface area (Å²) in [5.74, 6) is 1.51. The maximum Gasteiger partial charge on any atom is 0.225 e. The Kier molecular flexibility index (Phi) is 6.29. The molecule has 3 heterocycles. The number of nitrogen functional groups attached to an aromatic ring is 1. The van der Waals surface area contributed by atoms with Crippen LogP contribution in [0.1, 0.15) is 25.8 Å². The molecule has 0 aromatic carbocycles. The van der Waals surface area contributed by atoms with Crippen molar-refractivity contribution >= 4 is 23.1 Å². The van der Waals surface area contributed by atoms with Crippen molar-refractivity contribution in [1.29, 1.82) is 0 Å². The van der Waals surface area contributed by atoms with E-state index in [1.807, 2.05) is 19.9 Å². The zero-order valence-corrected chi connectivity index (χ0v) is 16.2. The Bertz CT molecular complexity index is 695. The summed E-state index contributed by atoms with van der Waals surface area (Å²) in [6.07, 6.45) is 0.762. The molecule has 0 bridgehead atoms. The molecule has 1 atom stereocenters. The second kappa shape index (κ2) is 8.66. The summed E-state index contributed by atoms with van der Waals surface area (Å²) in [5, 5.41) is 13.8. The molecular formula is C18H27N5O2S. The van der Waals surface area contributed by atoms with E-state index >= 15 is 0 Å². The number of nitrogens with zero attached hydrogens (tertiary/aromatic N) is 4. The Balaban J connectivity index is 1.73. The van der Waals surface area contributed by atoms with Gasteiger partial charge in [-0.1, -0.05) is 0 Å². The number of aliphatic hydroxyl groups excluding tert-OH is 1. The van der Waals surface area contributed by atoms with Crippen LogP contribution in [0.15, 0.2) is 22.9 Å². The molecule has 1 aliphatic rings. The van der Waals surface area contributed by atoms with E-state index < -0.39 is 0 Å². The number of thiophene rings is 1. The summed E-state index contributed by atoms with van der Waals surface area (Å²) in [5.41, 5.74) is 7.20.